The number of hydrogen-bond acceptors (Lipinski definition) is 3. The standard InChI is InChI=1S/C14H28N2O2/c1-4-12(5-2)11-16(6-3)14(17)9-13-10-15-7-8-18-13/h12-13,15H,4-11H2,1-3H3. The number of rotatable bonds is 7. The highest BCUT2D eigenvalue weighted by atomic mass is 16.5. The van der Waals surface area contributed by atoms with E-state index in [-0.39, 0.29) is 12.0 Å². The van der Waals surface area contributed by atoms with Gasteiger partial charge in [0.15, 0.2) is 0 Å². The van der Waals surface area contributed by atoms with Crippen molar-refractivity contribution in [3.05, 3.63) is 0 Å². The van der Waals surface area contributed by atoms with Gasteiger partial charge in [0.05, 0.1) is 19.1 Å². The Labute approximate surface area is 111 Å². The molecule has 1 atom stereocenters. The molecule has 1 amide bonds. The molecule has 0 aromatic rings. The number of carbonyl (C=O) groups is 1. The normalized spacial score (nSPS) is 20.1. The maximum Gasteiger partial charge on any atom is 0.225 e. The maximum absolute atomic E-state index is 12.2. The largest absolute Gasteiger partial charge is 0.375 e. The fraction of sp³-hybridized carbons (Fsp3) is 0.929. The maximum atomic E-state index is 12.2. The molecule has 0 saturated carbocycles. The van der Waals surface area contributed by atoms with E-state index in [2.05, 4.69) is 26.1 Å². The van der Waals surface area contributed by atoms with E-state index in [4.69, 9.17) is 4.74 Å². The van der Waals surface area contributed by atoms with Crippen LogP contribution in [-0.4, -0.2) is 49.7 Å². The van der Waals surface area contributed by atoms with Gasteiger partial charge < -0.3 is 15.0 Å². The van der Waals surface area contributed by atoms with Crippen LogP contribution >= 0.6 is 0 Å². The minimum Gasteiger partial charge on any atom is -0.375 e. The predicted molar refractivity (Wildman–Crippen MR) is 73.6 cm³/mol. The summed E-state index contributed by atoms with van der Waals surface area (Å²) in [6, 6.07) is 0. The molecule has 4 heteroatoms. The second kappa shape index (κ2) is 8.48. The molecule has 1 unspecified atom stereocenters. The highest BCUT2D eigenvalue weighted by molar-refractivity contribution is 5.76. The monoisotopic (exact) mass is 256 g/mol. The number of nitrogens with one attached hydrogen (secondary N) is 1. The number of ether oxygens (including phenoxy) is 1. The molecule has 0 bridgehead atoms. The minimum atomic E-state index is 0.0574. The summed E-state index contributed by atoms with van der Waals surface area (Å²) < 4.78 is 5.59. The van der Waals surface area contributed by atoms with Crippen LogP contribution in [0.3, 0.4) is 0 Å². The Bertz CT molecular complexity index is 236. The summed E-state index contributed by atoms with van der Waals surface area (Å²) in [6.07, 6.45) is 2.85. The quantitative estimate of drug-likeness (QED) is 0.753. The molecule has 0 spiro atoms. The summed E-state index contributed by atoms with van der Waals surface area (Å²) >= 11 is 0. The van der Waals surface area contributed by atoms with Crippen LogP contribution in [0, 0.1) is 5.92 Å². The molecule has 0 aromatic heterocycles. The fourth-order valence-electron chi connectivity index (χ4n) is 2.34. The smallest absolute Gasteiger partial charge is 0.225 e. The van der Waals surface area contributed by atoms with Crippen molar-refractivity contribution in [2.24, 2.45) is 5.92 Å². The van der Waals surface area contributed by atoms with Gasteiger partial charge in [-0.25, -0.2) is 0 Å². The van der Waals surface area contributed by atoms with Crippen LogP contribution in [0.4, 0.5) is 0 Å². The van der Waals surface area contributed by atoms with Gasteiger partial charge in [0.25, 0.3) is 0 Å². The van der Waals surface area contributed by atoms with Gasteiger partial charge in [-0.15, -0.1) is 0 Å². The Kier molecular flexibility index (Phi) is 7.28. The molecule has 1 rings (SSSR count). The predicted octanol–water partition coefficient (Wildman–Crippen LogP) is 1.65. The topological polar surface area (TPSA) is 41.6 Å². The molecule has 0 radical (unpaired) electrons. The third-order valence-corrected chi connectivity index (χ3v) is 3.77. The highest BCUT2D eigenvalue weighted by Gasteiger charge is 2.21. The molecule has 1 aliphatic heterocycles. The van der Waals surface area contributed by atoms with Gasteiger partial charge >= 0.3 is 0 Å². The second-order valence-electron chi connectivity index (χ2n) is 5.02. The van der Waals surface area contributed by atoms with E-state index in [0.29, 0.717) is 12.3 Å². The first-order chi connectivity index (χ1) is 8.71. The molecule has 0 aliphatic carbocycles. The SMILES string of the molecule is CCC(CC)CN(CC)C(=O)CC1CNCCO1. The molecular formula is C14H28N2O2. The van der Waals surface area contributed by atoms with Gasteiger partial charge in [-0.2, -0.15) is 0 Å². The summed E-state index contributed by atoms with van der Waals surface area (Å²) in [6.45, 7) is 10.6. The first-order valence-electron chi connectivity index (χ1n) is 7.31. The molecule has 1 aliphatic rings. The number of nitrogens with zero attached hydrogens (tertiary/aromatic N) is 1. The van der Waals surface area contributed by atoms with E-state index in [0.717, 1.165) is 45.6 Å². The lowest BCUT2D eigenvalue weighted by atomic mass is 10.0. The third-order valence-electron chi connectivity index (χ3n) is 3.77. The van der Waals surface area contributed by atoms with E-state index in [9.17, 15) is 4.79 Å². The Balaban J connectivity index is 2.40. The number of carbonyl (C=O) groups excluding carboxylic acids is 1. The van der Waals surface area contributed by atoms with Gasteiger partial charge in [0, 0.05) is 26.2 Å². The number of morpholine rings is 1. The lowest BCUT2D eigenvalue weighted by molar-refractivity contribution is -0.135. The summed E-state index contributed by atoms with van der Waals surface area (Å²) in [5.74, 6) is 0.859. The molecule has 106 valence electrons. The molecule has 1 heterocycles. The van der Waals surface area contributed by atoms with Gasteiger partial charge in [-0.3, -0.25) is 4.79 Å². The first-order valence-corrected chi connectivity index (χ1v) is 7.31. The molecule has 0 aromatic carbocycles. The van der Waals surface area contributed by atoms with E-state index in [1.807, 2.05) is 4.90 Å². The lowest BCUT2D eigenvalue weighted by Crippen LogP contribution is -2.43. The van der Waals surface area contributed by atoms with Crippen molar-refractivity contribution < 1.29 is 9.53 Å². The molecule has 1 fully saturated rings. The Morgan fingerprint density at radius 1 is 1.39 bits per heavy atom. The fourth-order valence-corrected chi connectivity index (χ4v) is 2.34. The molecule has 4 nitrogen and oxygen atoms in total. The van der Waals surface area contributed by atoms with E-state index in [1.165, 1.54) is 0 Å². The van der Waals surface area contributed by atoms with Crippen molar-refractivity contribution in [2.75, 3.05) is 32.8 Å². The minimum absolute atomic E-state index is 0.0574. The van der Waals surface area contributed by atoms with Crippen LogP contribution in [0.15, 0.2) is 0 Å². The summed E-state index contributed by atoms with van der Waals surface area (Å²) in [5.41, 5.74) is 0. The summed E-state index contributed by atoms with van der Waals surface area (Å²) in [4.78, 5) is 14.2. The molecule has 1 N–H and O–H groups in total. The third kappa shape index (κ3) is 4.94. The molecule has 18 heavy (non-hydrogen) atoms. The van der Waals surface area contributed by atoms with E-state index < -0.39 is 0 Å². The van der Waals surface area contributed by atoms with Crippen LogP contribution in [0.25, 0.3) is 0 Å². The number of hydrogen-bond donors (Lipinski definition) is 1. The molecular weight excluding hydrogens is 228 g/mol. The van der Waals surface area contributed by atoms with Crippen LogP contribution < -0.4 is 5.32 Å². The zero-order valence-corrected chi connectivity index (χ0v) is 12.1. The van der Waals surface area contributed by atoms with Crippen LogP contribution in [0.5, 0.6) is 0 Å². The average Bonchev–Trinajstić information content (AvgIpc) is 2.41. The van der Waals surface area contributed by atoms with Crippen molar-refractivity contribution in [3.8, 4) is 0 Å². The Morgan fingerprint density at radius 2 is 2.11 bits per heavy atom. The average molecular weight is 256 g/mol. The Morgan fingerprint density at radius 3 is 2.61 bits per heavy atom. The van der Waals surface area contributed by atoms with Crippen LogP contribution in [-0.2, 0) is 9.53 Å². The summed E-state index contributed by atoms with van der Waals surface area (Å²) in [5, 5.41) is 3.26. The highest BCUT2D eigenvalue weighted by Crippen LogP contribution is 2.12. The first kappa shape index (κ1) is 15.4. The Hall–Kier alpha value is -0.610. The van der Waals surface area contributed by atoms with Gasteiger partial charge in [0.1, 0.15) is 0 Å². The van der Waals surface area contributed by atoms with Crippen molar-refractivity contribution in [2.45, 2.75) is 46.1 Å². The van der Waals surface area contributed by atoms with Gasteiger partial charge in [-0.05, 0) is 12.8 Å². The zero-order valence-electron chi connectivity index (χ0n) is 12.1. The second-order valence-corrected chi connectivity index (χ2v) is 5.02. The van der Waals surface area contributed by atoms with Crippen molar-refractivity contribution >= 4 is 5.91 Å². The van der Waals surface area contributed by atoms with E-state index in [1.54, 1.807) is 0 Å². The van der Waals surface area contributed by atoms with Crippen LogP contribution in [0.2, 0.25) is 0 Å². The zero-order chi connectivity index (χ0) is 13.4. The van der Waals surface area contributed by atoms with Crippen molar-refractivity contribution in [1.29, 1.82) is 0 Å². The van der Waals surface area contributed by atoms with Crippen LogP contribution in [0.1, 0.15) is 40.0 Å². The van der Waals surface area contributed by atoms with E-state index >= 15 is 0 Å². The van der Waals surface area contributed by atoms with Crippen molar-refractivity contribution in [3.63, 3.8) is 0 Å². The summed E-state index contributed by atoms with van der Waals surface area (Å²) in [7, 11) is 0. The molecule has 1 saturated heterocycles. The number of amides is 1. The van der Waals surface area contributed by atoms with Crippen molar-refractivity contribution in [1.82, 2.24) is 10.2 Å². The lowest BCUT2D eigenvalue weighted by Gasteiger charge is -2.29. The van der Waals surface area contributed by atoms with Gasteiger partial charge in [-0.1, -0.05) is 26.7 Å². The van der Waals surface area contributed by atoms with Gasteiger partial charge in [0.2, 0.25) is 5.91 Å².